The number of hydrogen-bond acceptors (Lipinski definition) is 4. The minimum Gasteiger partial charge on any atom is -0.370 e. The van der Waals surface area contributed by atoms with Crippen LogP contribution in [0.1, 0.15) is 18.4 Å². The number of rotatable bonds is 6. The largest absolute Gasteiger partial charge is 0.370 e. The second kappa shape index (κ2) is 8.37. The van der Waals surface area contributed by atoms with E-state index in [-0.39, 0.29) is 10.8 Å². The van der Waals surface area contributed by atoms with Gasteiger partial charge in [0.25, 0.3) is 0 Å². The van der Waals surface area contributed by atoms with Crippen molar-refractivity contribution in [3.63, 3.8) is 0 Å². The SMILES string of the molecule is CNS(=O)(=O)c1ccc(/C=C/C(=O)Nc2ccccc2N2CCCC2)cc1. The lowest BCUT2D eigenvalue weighted by Crippen LogP contribution is -2.20. The molecule has 0 bridgehead atoms. The van der Waals surface area contributed by atoms with Gasteiger partial charge in [-0.15, -0.1) is 0 Å². The quantitative estimate of drug-likeness (QED) is 0.750. The predicted octanol–water partition coefficient (Wildman–Crippen LogP) is 2.85. The second-order valence-corrected chi connectivity index (χ2v) is 8.20. The highest BCUT2D eigenvalue weighted by atomic mass is 32.2. The van der Waals surface area contributed by atoms with Crippen molar-refractivity contribution in [1.29, 1.82) is 0 Å². The number of carbonyl (C=O) groups excluding carboxylic acids is 1. The molecule has 142 valence electrons. The first-order valence-electron chi connectivity index (χ1n) is 8.86. The summed E-state index contributed by atoms with van der Waals surface area (Å²) < 4.78 is 25.7. The van der Waals surface area contributed by atoms with Crippen LogP contribution in [0.15, 0.2) is 59.5 Å². The molecule has 1 amide bonds. The van der Waals surface area contributed by atoms with Crippen molar-refractivity contribution in [2.24, 2.45) is 0 Å². The van der Waals surface area contributed by atoms with Crippen LogP contribution < -0.4 is 14.9 Å². The first kappa shape index (κ1) is 19.1. The molecule has 1 heterocycles. The summed E-state index contributed by atoms with van der Waals surface area (Å²) >= 11 is 0. The van der Waals surface area contributed by atoms with E-state index in [1.807, 2.05) is 24.3 Å². The molecular formula is C20H23N3O3S. The van der Waals surface area contributed by atoms with Gasteiger partial charge in [-0.1, -0.05) is 24.3 Å². The maximum absolute atomic E-state index is 12.3. The van der Waals surface area contributed by atoms with Crippen LogP contribution in [0.4, 0.5) is 11.4 Å². The fourth-order valence-corrected chi connectivity index (χ4v) is 3.77. The van der Waals surface area contributed by atoms with Crippen molar-refractivity contribution in [3.8, 4) is 0 Å². The van der Waals surface area contributed by atoms with Crippen LogP contribution in [0.25, 0.3) is 6.08 Å². The highest BCUT2D eigenvalue weighted by molar-refractivity contribution is 7.89. The van der Waals surface area contributed by atoms with Gasteiger partial charge in [0.15, 0.2) is 0 Å². The lowest BCUT2D eigenvalue weighted by molar-refractivity contribution is -0.111. The minimum atomic E-state index is -3.46. The molecule has 2 aromatic rings. The van der Waals surface area contributed by atoms with Gasteiger partial charge in [0.2, 0.25) is 15.9 Å². The molecule has 0 aromatic heterocycles. The summed E-state index contributed by atoms with van der Waals surface area (Å²) in [5, 5.41) is 2.93. The molecule has 6 nitrogen and oxygen atoms in total. The Balaban J connectivity index is 1.68. The van der Waals surface area contributed by atoms with Crippen molar-refractivity contribution in [1.82, 2.24) is 4.72 Å². The Labute approximate surface area is 159 Å². The average molecular weight is 385 g/mol. The Morgan fingerprint density at radius 2 is 1.70 bits per heavy atom. The number of anilines is 2. The van der Waals surface area contributed by atoms with Gasteiger partial charge in [-0.05, 0) is 55.8 Å². The van der Waals surface area contributed by atoms with E-state index in [1.165, 1.54) is 38.1 Å². The monoisotopic (exact) mass is 385 g/mol. The van der Waals surface area contributed by atoms with Gasteiger partial charge in [0.05, 0.1) is 16.3 Å². The van der Waals surface area contributed by atoms with Crippen LogP contribution in [-0.4, -0.2) is 34.5 Å². The second-order valence-electron chi connectivity index (χ2n) is 6.31. The zero-order valence-electron chi connectivity index (χ0n) is 15.2. The number of nitrogens with zero attached hydrogens (tertiary/aromatic N) is 1. The summed E-state index contributed by atoms with van der Waals surface area (Å²) in [6.07, 6.45) is 5.44. The van der Waals surface area contributed by atoms with Gasteiger partial charge < -0.3 is 10.2 Å². The third-order valence-electron chi connectivity index (χ3n) is 4.49. The van der Waals surface area contributed by atoms with E-state index in [1.54, 1.807) is 18.2 Å². The van der Waals surface area contributed by atoms with Gasteiger partial charge in [-0.3, -0.25) is 4.79 Å². The lowest BCUT2D eigenvalue weighted by atomic mass is 10.2. The summed E-state index contributed by atoms with van der Waals surface area (Å²) in [5.74, 6) is -0.228. The van der Waals surface area contributed by atoms with Crippen molar-refractivity contribution >= 4 is 33.4 Å². The van der Waals surface area contributed by atoms with Crippen molar-refractivity contribution in [2.75, 3.05) is 30.4 Å². The predicted molar refractivity (Wildman–Crippen MR) is 108 cm³/mol. The van der Waals surface area contributed by atoms with E-state index in [9.17, 15) is 13.2 Å². The lowest BCUT2D eigenvalue weighted by Gasteiger charge is -2.21. The fourth-order valence-electron chi connectivity index (χ4n) is 3.04. The van der Waals surface area contributed by atoms with E-state index < -0.39 is 10.0 Å². The molecule has 0 radical (unpaired) electrons. The van der Waals surface area contributed by atoms with Crippen LogP contribution in [0.5, 0.6) is 0 Å². The van der Waals surface area contributed by atoms with Crippen molar-refractivity contribution in [2.45, 2.75) is 17.7 Å². The Morgan fingerprint density at radius 1 is 1.04 bits per heavy atom. The maximum atomic E-state index is 12.3. The summed E-state index contributed by atoms with van der Waals surface area (Å²) in [4.78, 5) is 14.8. The standard InChI is InChI=1S/C20H23N3O3S/c1-21-27(25,26)17-11-8-16(9-12-17)10-13-20(24)22-18-6-2-3-7-19(18)23-14-4-5-15-23/h2-3,6-13,21H,4-5,14-15H2,1H3,(H,22,24)/b13-10+. The van der Waals surface area contributed by atoms with E-state index in [2.05, 4.69) is 14.9 Å². The molecule has 1 saturated heterocycles. The van der Waals surface area contributed by atoms with E-state index in [0.717, 1.165) is 30.0 Å². The van der Waals surface area contributed by atoms with Crippen LogP contribution in [0, 0.1) is 0 Å². The van der Waals surface area contributed by atoms with Gasteiger partial charge in [0.1, 0.15) is 0 Å². The molecule has 1 aliphatic heterocycles. The maximum Gasteiger partial charge on any atom is 0.248 e. The molecule has 0 atom stereocenters. The Bertz CT molecular complexity index is 931. The molecule has 1 fully saturated rings. The molecule has 3 rings (SSSR count). The molecule has 1 aliphatic rings. The summed E-state index contributed by atoms with van der Waals surface area (Å²) in [7, 11) is -2.09. The number of para-hydroxylation sites is 2. The number of hydrogen-bond donors (Lipinski definition) is 2. The third kappa shape index (κ3) is 4.75. The Kier molecular flexibility index (Phi) is 5.93. The van der Waals surface area contributed by atoms with E-state index in [0.29, 0.717) is 0 Å². The van der Waals surface area contributed by atoms with Crippen LogP contribution >= 0.6 is 0 Å². The number of nitrogens with one attached hydrogen (secondary N) is 2. The zero-order valence-corrected chi connectivity index (χ0v) is 16.0. The van der Waals surface area contributed by atoms with E-state index >= 15 is 0 Å². The molecule has 27 heavy (non-hydrogen) atoms. The summed E-state index contributed by atoms with van der Waals surface area (Å²) in [6.45, 7) is 2.01. The smallest absolute Gasteiger partial charge is 0.248 e. The van der Waals surface area contributed by atoms with Crippen molar-refractivity contribution in [3.05, 3.63) is 60.2 Å². The molecule has 0 unspecified atom stereocenters. The molecule has 2 aromatic carbocycles. The molecule has 2 N–H and O–H groups in total. The number of carbonyl (C=O) groups is 1. The average Bonchev–Trinajstić information content (AvgIpc) is 3.22. The van der Waals surface area contributed by atoms with Gasteiger partial charge in [-0.2, -0.15) is 0 Å². The molecule has 0 spiro atoms. The van der Waals surface area contributed by atoms with Gasteiger partial charge in [-0.25, -0.2) is 13.1 Å². The molecule has 0 saturated carbocycles. The normalized spacial score (nSPS) is 14.6. The number of amides is 1. The van der Waals surface area contributed by atoms with Crippen LogP contribution in [0.3, 0.4) is 0 Å². The number of benzene rings is 2. The first-order valence-corrected chi connectivity index (χ1v) is 10.3. The van der Waals surface area contributed by atoms with Gasteiger partial charge >= 0.3 is 0 Å². The van der Waals surface area contributed by atoms with Gasteiger partial charge in [0, 0.05) is 19.2 Å². The first-order chi connectivity index (χ1) is 13.0. The summed E-state index contributed by atoms with van der Waals surface area (Å²) in [5.41, 5.74) is 2.58. The topological polar surface area (TPSA) is 78.5 Å². The minimum absolute atomic E-state index is 0.186. The molecule has 0 aliphatic carbocycles. The van der Waals surface area contributed by atoms with E-state index in [4.69, 9.17) is 0 Å². The molecular weight excluding hydrogens is 362 g/mol. The Morgan fingerprint density at radius 3 is 2.37 bits per heavy atom. The zero-order chi connectivity index (χ0) is 19.3. The van der Waals surface area contributed by atoms with Crippen molar-refractivity contribution < 1.29 is 13.2 Å². The summed E-state index contributed by atoms with van der Waals surface area (Å²) in [6, 6.07) is 14.1. The highest BCUT2D eigenvalue weighted by Gasteiger charge is 2.16. The molecule has 7 heteroatoms. The van der Waals surface area contributed by atoms with Crippen LogP contribution in [-0.2, 0) is 14.8 Å². The highest BCUT2D eigenvalue weighted by Crippen LogP contribution is 2.28. The van der Waals surface area contributed by atoms with Crippen LogP contribution in [0.2, 0.25) is 0 Å². The number of sulfonamides is 1. The third-order valence-corrected chi connectivity index (χ3v) is 5.93. The fraction of sp³-hybridized carbons (Fsp3) is 0.250. The Hall–Kier alpha value is -2.64.